The number of aliphatic hydroxyl groups is 1. The van der Waals surface area contributed by atoms with E-state index in [1.807, 2.05) is 0 Å². The number of aliphatic hydroxyl groups excluding tert-OH is 1. The summed E-state index contributed by atoms with van der Waals surface area (Å²) in [7, 11) is 0. The fraction of sp³-hybridized carbons (Fsp3) is 0.889. The number of β-amino-alcohol motifs (C(OH)–C–C–N with tert-alkyl or cyclic N) is 1. The zero-order valence-electron chi connectivity index (χ0n) is 8.41. The molecular weight excluding hydrogens is 182 g/mol. The van der Waals surface area contributed by atoms with Gasteiger partial charge in [0.15, 0.2) is 0 Å². The highest BCUT2D eigenvalue weighted by molar-refractivity contribution is 5.46. The van der Waals surface area contributed by atoms with Gasteiger partial charge in [0.2, 0.25) is 0 Å². The van der Waals surface area contributed by atoms with Crippen LogP contribution in [0, 0.1) is 0 Å². The Morgan fingerprint density at radius 1 is 1.14 bits per heavy atom. The molecule has 1 amide bonds. The lowest BCUT2D eigenvalue weighted by molar-refractivity contribution is 0.114. The number of hydrogen-bond acceptors (Lipinski definition) is 4. The molecule has 0 aromatic heterocycles. The van der Waals surface area contributed by atoms with E-state index < -0.39 is 0 Å². The molecule has 14 heavy (non-hydrogen) atoms. The second kappa shape index (κ2) is 6.75. The molecule has 1 saturated heterocycles. The summed E-state index contributed by atoms with van der Waals surface area (Å²) in [6.07, 6.45) is 1.67. The Morgan fingerprint density at radius 3 is 2.21 bits per heavy atom. The number of rotatable bonds is 6. The van der Waals surface area contributed by atoms with Crippen molar-refractivity contribution in [1.82, 2.24) is 15.1 Å². The van der Waals surface area contributed by atoms with E-state index in [1.54, 1.807) is 6.41 Å². The molecule has 0 saturated carbocycles. The molecule has 0 aliphatic carbocycles. The second-order valence-corrected chi connectivity index (χ2v) is 3.44. The van der Waals surface area contributed by atoms with Crippen LogP contribution in [0.15, 0.2) is 0 Å². The number of piperazine rings is 1. The molecule has 0 aromatic rings. The molecule has 1 heterocycles. The number of hydrogen-bond donors (Lipinski definition) is 2. The first kappa shape index (κ1) is 11.4. The third kappa shape index (κ3) is 4.04. The molecule has 1 rings (SSSR count). The zero-order chi connectivity index (χ0) is 10.2. The fourth-order valence-electron chi connectivity index (χ4n) is 1.64. The van der Waals surface area contributed by atoms with Crippen LogP contribution in [0.4, 0.5) is 0 Å². The van der Waals surface area contributed by atoms with Crippen molar-refractivity contribution in [3.8, 4) is 0 Å². The molecule has 2 N–H and O–H groups in total. The predicted molar refractivity (Wildman–Crippen MR) is 53.7 cm³/mol. The molecule has 0 unspecified atom stereocenters. The van der Waals surface area contributed by atoms with Gasteiger partial charge in [-0.1, -0.05) is 0 Å². The van der Waals surface area contributed by atoms with Crippen molar-refractivity contribution >= 4 is 6.41 Å². The van der Waals surface area contributed by atoms with E-state index in [9.17, 15) is 4.79 Å². The Bertz CT molecular complexity index is 158. The summed E-state index contributed by atoms with van der Waals surface area (Å²) in [5.74, 6) is 0. The van der Waals surface area contributed by atoms with Crippen molar-refractivity contribution in [2.24, 2.45) is 0 Å². The third-order valence-electron chi connectivity index (χ3n) is 2.51. The highest BCUT2D eigenvalue weighted by Crippen LogP contribution is 1.99. The van der Waals surface area contributed by atoms with Gasteiger partial charge in [-0.2, -0.15) is 0 Å². The summed E-state index contributed by atoms with van der Waals surface area (Å²) < 4.78 is 0. The minimum absolute atomic E-state index is 0.238. The number of amides is 1. The van der Waals surface area contributed by atoms with Crippen LogP contribution in [-0.4, -0.2) is 73.7 Å². The monoisotopic (exact) mass is 200 g/mol. The summed E-state index contributed by atoms with van der Waals surface area (Å²) in [5, 5.41) is 11.3. The van der Waals surface area contributed by atoms with Crippen LogP contribution in [0.3, 0.4) is 0 Å². The lowest BCUT2D eigenvalue weighted by Crippen LogP contribution is -2.48. The van der Waals surface area contributed by atoms with Gasteiger partial charge in [-0.3, -0.25) is 14.6 Å². The molecule has 5 nitrogen and oxygen atoms in total. The summed E-state index contributed by atoms with van der Waals surface area (Å²) in [6.45, 7) is 6.61. The van der Waals surface area contributed by atoms with Crippen LogP contribution in [0.2, 0.25) is 0 Å². The van der Waals surface area contributed by atoms with Gasteiger partial charge in [0, 0.05) is 45.8 Å². The highest BCUT2D eigenvalue weighted by Gasteiger charge is 2.15. The Balaban J connectivity index is 2.06. The smallest absolute Gasteiger partial charge is 0.309 e. The first-order chi connectivity index (χ1) is 6.86. The van der Waals surface area contributed by atoms with E-state index in [4.69, 9.17) is 5.11 Å². The molecule has 0 bridgehead atoms. The summed E-state index contributed by atoms with van der Waals surface area (Å²) in [5.41, 5.74) is 0. The molecule has 1 aliphatic rings. The largest absolute Gasteiger partial charge is 0.395 e. The fourth-order valence-corrected chi connectivity index (χ4v) is 1.64. The van der Waals surface area contributed by atoms with E-state index in [0.29, 0.717) is 6.54 Å². The lowest BCUT2D eigenvalue weighted by Gasteiger charge is -2.34. The first-order valence-corrected chi connectivity index (χ1v) is 5.02. The Kier molecular flexibility index (Phi) is 5.51. The van der Waals surface area contributed by atoms with Crippen LogP contribution < -0.4 is 5.32 Å². The first-order valence-electron chi connectivity index (χ1n) is 5.02. The van der Waals surface area contributed by atoms with Crippen molar-refractivity contribution in [2.75, 3.05) is 52.4 Å². The van der Waals surface area contributed by atoms with Gasteiger partial charge in [0.1, 0.15) is 0 Å². The van der Waals surface area contributed by atoms with E-state index in [-0.39, 0.29) is 6.61 Å². The lowest BCUT2D eigenvalue weighted by atomic mass is 10.3. The van der Waals surface area contributed by atoms with Gasteiger partial charge < -0.3 is 10.4 Å². The van der Waals surface area contributed by atoms with Gasteiger partial charge >= 0.3 is 6.41 Å². The molecule has 0 atom stereocenters. The van der Waals surface area contributed by atoms with Gasteiger partial charge in [0.05, 0.1) is 6.61 Å². The normalized spacial score (nSPS) is 19.5. The molecular formula is C9H18N3O2. The predicted octanol–water partition coefficient (Wildman–Crippen LogP) is -1.75. The van der Waals surface area contributed by atoms with Crippen molar-refractivity contribution in [1.29, 1.82) is 0 Å². The maximum atomic E-state index is 9.89. The average molecular weight is 200 g/mol. The summed E-state index contributed by atoms with van der Waals surface area (Å²) >= 11 is 0. The molecule has 1 radical (unpaired) electrons. The molecule has 1 aliphatic heterocycles. The van der Waals surface area contributed by atoms with Crippen molar-refractivity contribution in [2.45, 2.75) is 0 Å². The highest BCUT2D eigenvalue weighted by atomic mass is 16.3. The van der Waals surface area contributed by atoms with E-state index in [1.165, 1.54) is 0 Å². The quantitative estimate of drug-likeness (QED) is 0.394. The summed E-state index contributed by atoms with van der Waals surface area (Å²) in [4.78, 5) is 14.4. The molecule has 5 heteroatoms. The van der Waals surface area contributed by atoms with E-state index >= 15 is 0 Å². The van der Waals surface area contributed by atoms with Crippen LogP contribution in [-0.2, 0) is 4.79 Å². The van der Waals surface area contributed by atoms with Gasteiger partial charge in [-0.25, -0.2) is 0 Å². The standard InChI is InChI=1S/C9H18N3O2/c13-8-7-12-5-3-11(4-6-12)2-1-10-9-14/h13H,1-8H2,(H,10,14). The minimum atomic E-state index is 0.238. The maximum absolute atomic E-state index is 9.89. The van der Waals surface area contributed by atoms with Crippen LogP contribution in [0.25, 0.3) is 0 Å². The molecule has 81 valence electrons. The molecule has 1 fully saturated rings. The van der Waals surface area contributed by atoms with Gasteiger partial charge in [0.25, 0.3) is 0 Å². The Hall–Kier alpha value is -0.650. The number of carbonyl (C=O) groups excluding carboxylic acids is 1. The maximum Gasteiger partial charge on any atom is 0.309 e. The van der Waals surface area contributed by atoms with E-state index in [2.05, 4.69) is 15.1 Å². The van der Waals surface area contributed by atoms with Gasteiger partial charge in [-0.05, 0) is 0 Å². The van der Waals surface area contributed by atoms with Crippen molar-refractivity contribution < 1.29 is 9.90 Å². The van der Waals surface area contributed by atoms with E-state index in [0.717, 1.165) is 39.3 Å². The Labute approximate surface area is 84.7 Å². The molecule has 0 aromatic carbocycles. The minimum Gasteiger partial charge on any atom is -0.395 e. The van der Waals surface area contributed by atoms with Crippen molar-refractivity contribution in [3.05, 3.63) is 0 Å². The SMILES string of the molecule is O=[C]NCCN1CCN(CCO)CC1. The van der Waals surface area contributed by atoms with Crippen LogP contribution in [0.1, 0.15) is 0 Å². The number of nitrogens with one attached hydrogen (secondary N) is 1. The zero-order valence-corrected chi connectivity index (χ0v) is 8.41. The third-order valence-corrected chi connectivity index (χ3v) is 2.51. The average Bonchev–Trinajstić information content (AvgIpc) is 2.21. The topological polar surface area (TPSA) is 55.8 Å². The summed E-state index contributed by atoms with van der Waals surface area (Å²) in [6, 6.07) is 0. The molecule has 0 spiro atoms. The Morgan fingerprint density at radius 2 is 1.71 bits per heavy atom. The van der Waals surface area contributed by atoms with Crippen LogP contribution in [0.5, 0.6) is 0 Å². The van der Waals surface area contributed by atoms with Crippen LogP contribution >= 0.6 is 0 Å². The number of nitrogens with zero attached hydrogens (tertiary/aromatic N) is 2. The van der Waals surface area contributed by atoms with Gasteiger partial charge in [-0.15, -0.1) is 0 Å². The van der Waals surface area contributed by atoms with Crippen molar-refractivity contribution in [3.63, 3.8) is 0 Å². The second-order valence-electron chi connectivity index (χ2n) is 3.44.